The minimum atomic E-state index is -0.162. The molecule has 0 bridgehead atoms. The van der Waals surface area contributed by atoms with Gasteiger partial charge in [0.1, 0.15) is 0 Å². The summed E-state index contributed by atoms with van der Waals surface area (Å²) in [5.74, 6) is 0.279. The molecule has 0 N–H and O–H groups in total. The van der Waals surface area contributed by atoms with Crippen molar-refractivity contribution < 1.29 is 4.79 Å². The van der Waals surface area contributed by atoms with Crippen molar-refractivity contribution in [1.29, 1.82) is 0 Å². The van der Waals surface area contributed by atoms with Crippen molar-refractivity contribution >= 4 is 27.5 Å². The molecule has 0 aromatic heterocycles. The van der Waals surface area contributed by atoms with Crippen LogP contribution in [-0.4, -0.2) is 13.0 Å². The Bertz CT molecular complexity index is 451. The van der Waals surface area contributed by atoms with Gasteiger partial charge in [-0.3, -0.25) is 4.79 Å². The lowest BCUT2D eigenvalue weighted by molar-refractivity contribution is -0.125. The van der Waals surface area contributed by atoms with Crippen LogP contribution >= 0.6 is 15.9 Å². The molecule has 1 saturated carbocycles. The molecule has 1 aromatic carbocycles. The van der Waals surface area contributed by atoms with Crippen LogP contribution in [0.2, 0.25) is 0 Å². The van der Waals surface area contributed by atoms with E-state index in [1.54, 1.807) is 4.90 Å². The van der Waals surface area contributed by atoms with E-state index in [0.29, 0.717) is 0 Å². The highest BCUT2D eigenvalue weighted by molar-refractivity contribution is 9.10. The third kappa shape index (κ3) is 1.02. The molecular formula is C12H12BrNO. The van der Waals surface area contributed by atoms with Gasteiger partial charge in [0.05, 0.1) is 5.41 Å². The summed E-state index contributed by atoms with van der Waals surface area (Å²) in [5.41, 5.74) is 2.14. The zero-order valence-electron chi connectivity index (χ0n) is 8.59. The van der Waals surface area contributed by atoms with Gasteiger partial charge in [0, 0.05) is 17.2 Å². The Kier molecular flexibility index (Phi) is 1.78. The quantitative estimate of drug-likeness (QED) is 0.707. The van der Waals surface area contributed by atoms with E-state index in [-0.39, 0.29) is 11.3 Å². The van der Waals surface area contributed by atoms with E-state index >= 15 is 0 Å². The number of halogens is 1. The first kappa shape index (κ1) is 9.40. The molecule has 1 amide bonds. The summed E-state index contributed by atoms with van der Waals surface area (Å²) in [5, 5.41) is 0. The Hall–Kier alpha value is -0.830. The van der Waals surface area contributed by atoms with E-state index in [9.17, 15) is 4.79 Å². The van der Waals surface area contributed by atoms with Crippen LogP contribution in [0.1, 0.15) is 24.8 Å². The molecule has 1 aromatic rings. The molecule has 1 heterocycles. The molecule has 15 heavy (non-hydrogen) atoms. The van der Waals surface area contributed by atoms with Gasteiger partial charge in [-0.15, -0.1) is 0 Å². The second-order valence-corrected chi connectivity index (χ2v) is 5.38. The molecule has 0 saturated heterocycles. The first-order valence-electron chi connectivity index (χ1n) is 5.23. The highest BCUT2D eigenvalue weighted by Crippen LogP contribution is 2.53. The second kappa shape index (κ2) is 2.85. The predicted molar refractivity (Wildman–Crippen MR) is 63.1 cm³/mol. The van der Waals surface area contributed by atoms with Crippen LogP contribution in [0.5, 0.6) is 0 Å². The minimum absolute atomic E-state index is 0.162. The van der Waals surface area contributed by atoms with Crippen LogP contribution in [0.15, 0.2) is 22.7 Å². The third-order valence-corrected chi connectivity index (χ3v) is 4.25. The van der Waals surface area contributed by atoms with E-state index in [0.717, 1.165) is 23.0 Å². The summed E-state index contributed by atoms with van der Waals surface area (Å²) < 4.78 is 1.04. The highest BCUT2D eigenvalue weighted by atomic mass is 79.9. The fourth-order valence-corrected chi connectivity index (χ4v) is 3.10. The zero-order valence-corrected chi connectivity index (χ0v) is 10.2. The Morgan fingerprint density at radius 3 is 2.73 bits per heavy atom. The second-order valence-electron chi connectivity index (χ2n) is 4.46. The first-order valence-corrected chi connectivity index (χ1v) is 6.03. The fourth-order valence-electron chi connectivity index (χ4n) is 2.75. The normalized spacial score (nSPS) is 21.7. The largest absolute Gasteiger partial charge is 0.314 e. The van der Waals surface area contributed by atoms with Crippen LogP contribution in [0.4, 0.5) is 5.69 Å². The zero-order chi connectivity index (χ0) is 10.6. The van der Waals surface area contributed by atoms with Gasteiger partial charge in [-0.25, -0.2) is 0 Å². The maximum absolute atomic E-state index is 12.2. The molecule has 3 heteroatoms. The van der Waals surface area contributed by atoms with Crippen molar-refractivity contribution in [3.63, 3.8) is 0 Å². The molecule has 0 atom stereocenters. The van der Waals surface area contributed by atoms with Gasteiger partial charge in [0.25, 0.3) is 0 Å². The number of rotatable bonds is 0. The molecule has 3 rings (SSSR count). The molecule has 78 valence electrons. The van der Waals surface area contributed by atoms with Crippen molar-refractivity contribution in [2.24, 2.45) is 0 Å². The average molecular weight is 266 g/mol. The summed E-state index contributed by atoms with van der Waals surface area (Å²) >= 11 is 3.45. The van der Waals surface area contributed by atoms with Crippen molar-refractivity contribution in [2.75, 3.05) is 11.9 Å². The van der Waals surface area contributed by atoms with Crippen molar-refractivity contribution in [3.8, 4) is 0 Å². The van der Waals surface area contributed by atoms with Crippen LogP contribution < -0.4 is 4.90 Å². The molecular weight excluding hydrogens is 254 g/mol. The van der Waals surface area contributed by atoms with Crippen LogP contribution in [0.3, 0.4) is 0 Å². The fraction of sp³-hybridized carbons (Fsp3) is 0.417. The number of anilines is 1. The molecule has 2 aliphatic rings. The number of carbonyl (C=O) groups is 1. The summed E-state index contributed by atoms with van der Waals surface area (Å²) in [6, 6.07) is 6.17. The number of likely N-dealkylation sites (N-methyl/N-ethyl adjacent to an activating group) is 1. The maximum Gasteiger partial charge on any atom is 0.237 e. The maximum atomic E-state index is 12.2. The SMILES string of the molecule is CN1C(=O)C2(CCC2)c2ccc(Br)cc21. The monoisotopic (exact) mass is 265 g/mol. The highest BCUT2D eigenvalue weighted by Gasteiger charge is 2.53. The molecule has 1 aliphatic carbocycles. The van der Waals surface area contributed by atoms with E-state index in [1.807, 2.05) is 19.2 Å². The van der Waals surface area contributed by atoms with Crippen molar-refractivity contribution in [3.05, 3.63) is 28.2 Å². The Morgan fingerprint density at radius 1 is 1.40 bits per heavy atom. The number of hydrogen-bond acceptors (Lipinski definition) is 1. The lowest BCUT2D eigenvalue weighted by Crippen LogP contribution is -2.43. The van der Waals surface area contributed by atoms with Gasteiger partial charge >= 0.3 is 0 Å². The van der Waals surface area contributed by atoms with E-state index in [1.165, 1.54) is 12.0 Å². The molecule has 0 radical (unpaired) electrons. The number of amides is 1. The Morgan fingerprint density at radius 2 is 2.13 bits per heavy atom. The summed E-state index contributed by atoms with van der Waals surface area (Å²) in [6.07, 6.45) is 3.21. The summed E-state index contributed by atoms with van der Waals surface area (Å²) in [4.78, 5) is 14.0. The first-order chi connectivity index (χ1) is 7.15. The molecule has 2 nitrogen and oxygen atoms in total. The van der Waals surface area contributed by atoms with E-state index < -0.39 is 0 Å². The van der Waals surface area contributed by atoms with E-state index in [4.69, 9.17) is 0 Å². The minimum Gasteiger partial charge on any atom is -0.314 e. The van der Waals surface area contributed by atoms with Crippen LogP contribution in [0.25, 0.3) is 0 Å². The number of nitrogens with zero attached hydrogens (tertiary/aromatic N) is 1. The summed E-state index contributed by atoms with van der Waals surface area (Å²) in [7, 11) is 1.88. The lowest BCUT2D eigenvalue weighted by Gasteiger charge is -2.36. The van der Waals surface area contributed by atoms with Crippen LogP contribution in [-0.2, 0) is 10.2 Å². The summed E-state index contributed by atoms with van der Waals surface area (Å²) in [6.45, 7) is 0. The standard InChI is InChI=1S/C12H12BrNO/c1-14-10-7-8(13)3-4-9(10)12(11(14)15)5-2-6-12/h3-4,7H,2,5-6H2,1H3. The van der Waals surface area contributed by atoms with Gasteiger partial charge in [0.2, 0.25) is 5.91 Å². The lowest BCUT2D eigenvalue weighted by atomic mass is 9.65. The molecule has 1 spiro atoms. The third-order valence-electron chi connectivity index (χ3n) is 3.76. The number of benzene rings is 1. The molecule has 1 fully saturated rings. The number of fused-ring (bicyclic) bond motifs is 2. The average Bonchev–Trinajstić information content (AvgIpc) is 2.37. The van der Waals surface area contributed by atoms with Crippen molar-refractivity contribution in [1.82, 2.24) is 0 Å². The smallest absolute Gasteiger partial charge is 0.237 e. The van der Waals surface area contributed by atoms with Gasteiger partial charge in [0.15, 0.2) is 0 Å². The predicted octanol–water partition coefficient (Wildman–Crippen LogP) is 2.85. The van der Waals surface area contributed by atoms with Gasteiger partial charge < -0.3 is 4.90 Å². The van der Waals surface area contributed by atoms with Crippen LogP contribution in [0, 0.1) is 0 Å². The molecule has 0 unspecified atom stereocenters. The van der Waals surface area contributed by atoms with Gasteiger partial charge in [-0.2, -0.15) is 0 Å². The van der Waals surface area contributed by atoms with E-state index in [2.05, 4.69) is 22.0 Å². The Labute approximate surface area is 97.4 Å². The van der Waals surface area contributed by atoms with Crippen molar-refractivity contribution in [2.45, 2.75) is 24.7 Å². The topological polar surface area (TPSA) is 20.3 Å². The Balaban J connectivity index is 2.22. The molecule has 1 aliphatic heterocycles. The van der Waals surface area contributed by atoms with Gasteiger partial charge in [-0.1, -0.05) is 28.4 Å². The number of carbonyl (C=O) groups excluding carboxylic acids is 1. The number of hydrogen-bond donors (Lipinski definition) is 0. The van der Waals surface area contributed by atoms with Gasteiger partial charge in [-0.05, 0) is 30.5 Å².